The summed E-state index contributed by atoms with van der Waals surface area (Å²) in [5, 5.41) is 0. The van der Waals surface area contributed by atoms with E-state index in [9.17, 15) is 4.79 Å². The highest BCUT2D eigenvalue weighted by molar-refractivity contribution is 6.10. The summed E-state index contributed by atoms with van der Waals surface area (Å²) < 4.78 is 10.8. The van der Waals surface area contributed by atoms with Crippen molar-refractivity contribution in [1.82, 2.24) is 0 Å². The number of carbonyl (C=O) groups is 1. The quantitative estimate of drug-likeness (QED) is 0.645. The van der Waals surface area contributed by atoms with Crippen LogP contribution >= 0.6 is 0 Å². The van der Waals surface area contributed by atoms with E-state index < -0.39 is 0 Å². The molecule has 2 aliphatic rings. The van der Waals surface area contributed by atoms with Gasteiger partial charge >= 0.3 is 0 Å². The Kier molecular flexibility index (Phi) is 1.74. The summed E-state index contributed by atoms with van der Waals surface area (Å²) >= 11 is 0. The molecule has 3 rings (SSSR count). The van der Waals surface area contributed by atoms with E-state index in [4.69, 9.17) is 9.47 Å². The molecule has 1 aromatic carbocycles. The normalized spacial score (nSPS) is 17.5. The molecule has 0 saturated heterocycles. The zero-order chi connectivity index (χ0) is 10.3. The van der Waals surface area contributed by atoms with Crippen LogP contribution < -0.4 is 9.47 Å². The Hall–Kier alpha value is -1.84. The molecule has 0 N–H and O–H groups in total. The molecule has 0 bridgehead atoms. The van der Waals surface area contributed by atoms with E-state index in [2.05, 4.69) is 4.99 Å². The van der Waals surface area contributed by atoms with E-state index in [1.165, 1.54) is 0 Å². The third kappa shape index (κ3) is 1.29. The average molecular weight is 203 g/mol. The molecule has 1 aromatic rings. The third-order valence-corrected chi connectivity index (χ3v) is 2.47. The predicted molar refractivity (Wildman–Crippen MR) is 54.5 cm³/mol. The van der Waals surface area contributed by atoms with Gasteiger partial charge < -0.3 is 9.47 Å². The molecule has 0 fully saturated rings. The molecule has 0 spiro atoms. The van der Waals surface area contributed by atoms with Crippen LogP contribution in [0.4, 0.5) is 5.69 Å². The van der Waals surface area contributed by atoms with E-state index in [1.807, 2.05) is 0 Å². The van der Waals surface area contributed by atoms with E-state index in [-0.39, 0.29) is 5.78 Å². The molecule has 0 radical (unpaired) electrons. The van der Waals surface area contributed by atoms with Gasteiger partial charge in [0.05, 0.1) is 5.69 Å². The summed E-state index contributed by atoms with van der Waals surface area (Å²) in [6.07, 6.45) is 1.99. The number of fused-ring (bicyclic) bond motifs is 2. The fourth-order valence-corrected chi connectivity index (χ4v) is 1.75. The first-order valence-electron chi connectivity index (χ1n) is 4.84. The lowest BCUT2D eigenvalue weighted by atomic mass is 10.0. The van der Waals surface area contributed by atoms with Crippen molar-refractivity contribution in [2.45, 2.75) is 6.42 Å². The standard InChI is InChI=1S/C11H9NO3/c13-9-1-2-12-8-6-11-10(5-7(8)9)14-3-4-15-11/h2,5-6H,1,3-4H2. The van der Waals surface area contributed by atoms with Gasteiger partial charge in [-0.25, -0.2) is 0 Å². The maximum Gasteiger partial charge on any atom is 0.170 e. The summed E-state index contributed by atoms with van der Waals surface area (Å²) in [6.45, 7) is 1.08. The van der Waals surface area contributed by atoms with Gasteiger partial charge in [0.2, 0.25) is 0 Å². The first-order valence-corrected chi connectivity index (χ1v) is 4.84. The molecule has 15 heavy (non-hydrogen) atoms. The van der Waals surface area contributed by atoms with Crippen molar-refractivity contribution in [2.75, 3.05) is 13.2 Å². The van der Waals surface area contributed by atoms with E-state index in [1.54, 1.807) is 18.3 Å². The minimum absolute atomic E-state index is 0.0805. The van der Waals surface area contributed by atoms with Crippen molar-refractivity contribution in [2.24, 2.45) is 4.99 Å². The van der Waals surface area contributed by atoms with E-state index >= 15 is 0 Å². The largest absolute Gasteiger partial charge is 0.486 e. The molecular weight excluding hydrogens is 194 g/mol. The Balaban J connectivity index is 2.17. The predicted octanol–water partition coefficient (Wildman–Crippen LogP) is 1.75. The maximum absolute atomic E-state index is 11.6. The summed E-state index contributed by atoms with van der Waals surface area (Å²) in [7, 11) is 0. The number of hydrogen-bond acceptors (Lipinski definition) is 4. The van der Waals surface area contributed by atoms with Crippen molar-refractivity contribution in [3.8, 4) is 11.5 Å². The van der Waals surface area contributed by atoms with Crippen molar-refractivity contribution < 1.29 is 14.3 Å². The summed E-state index contributed by atoms with van der Waals surface area (Å²) in [6, 6.07) is 3.49. The Labute approximate surface area is 86.5 Å². The lowest BCUT2D eigenvalue weighted by Gasteiger charge is -2.20. The van der Waals surface area contributed by atoms with Crippen molar-refractivity contribution in [3.05, 3.63) is 17.7 Å². The molecule has 2 heterocycles. The fourth-order valence-electron chi connectivity index (χ4n) is 1.75. The number of rotatable bonds is 0. The van der Waals surface area contributed by atoms with Crippen LogP contribution in [0.3, 0.4) is 0 Å². The summed E-state index contributed by atoms with van der Waals surface area (Å²) in [5.74, 6) is 1.40. The zero-order valence-electron chi connectivity index (χ0n) is 8.03. The minimum Gasteiger partial charge on any atom is -0.486 e. The van der Waals surface area contributed by atoms with Gasteiger partial charge in [-0.3, -0.25) is 9.79 Å². The molecule has 0 aliphatic carbocycles. The number of aliphatic imine (C=N–C) groups is 1. The Morgan fingerprint density at radius 1 is 1.13 bits per heavy atom. The van der Waals surface area contributed by atoms with Gasteiger partial charge in [-0.2, -0.15) is 0 Å². The lowest BCUT2D eigenvalue weighted by Crippen LogP contribution is -2.16. The second-order valence-electron chi connectivity index (χ2n) is 3.45. The Morgan fingerprint density at radius 2 is 1.87 bits per heavy atom. The van der Waals surface area contributed by atoms with Crippen LogP contribution in [0.15, 0.2) is 17.1 Å². The number of nitrogens with zero attached hydrogens (tertiary/aromatic N) is 1. The van der Waals surface area contributed by atoms with Crippen LogP contribution in [0.25, 0.3) is 0 Å². The van der Waals surface area contributed by atoms with E-state index in [0.717, 1.165) is 0 Å². The Bertz CT molecular complexity index is 465. The number of benzene rings is 1. The molecule has 0 unspecified atom stereocenters. The molecule has 2 aliphatic heterocycles. The molecule has 76 valence electrons. The average Bonchev–Trinajstić information content (AvgIpc) is 2.27. The van der Waals surface area contributed by atoms with E-state index in [0.29, 0.717) is 42.4 Å². The monoisotopic (exact) mass is 203 g/mol. The second kappa shape index (κ2) is 3.08. The van der Waals surface area contributed by atoms with Crippen molar-refractivity contribution in [1.29, 1.82) is 0 Å². The van der Waals surface area contributed by atoms with Gasteiger partial charge in [-0.1, -0.05) is 0 Å². The molecular formula is C11H9NO3. The number of carbonyl (C=O) groups excluding carboxylic acids is 1. The first kappa shape index (κ1) is 8.47. The molecule has 0 saturated carbocycles. The molecule has 0 atom stereocenters. The summed E-state index contributed by atoms with van der Waals surface area (Å²) in [4.78, 5) is 15.8. The molecule has 4 nitrogen and oxygen atoms in total. The van der Waals surface area contributed by atoms with Gasteiger partial charge in [0, 0.05) is 24.3 Å². The van der Waals surface area contributed by atoms with Gasteiger partial charge in [0.25, 0.3) is 0 Å². The fraction of sp³-hybridized carbons (Fsp3) is 0.273. The maximum atomic E-state index is 11.6. The zero-order valence-corrected chi connectivity index (χ0v) is 8.03. The van der Waals surface area contributed by atoms with Gasteiger partial charge in [0.15, 0.2) is 17.3 Å². The topological polar surface area (TPSA) is 47.9 Å². The number of Topliss-reactive ketones (excluding diaryl/α,β-unsaturated/α-hetero) is 1. The lowest BCUT2D eigenvalue weighted by molar-refractivity contribution is 0.0999. The Morgan fingerprint density at radius 3 is 2.67 bits per heavy atom. The summed E-state index contributed by atoms with van der Waals surface area (Å²) in [5.41, 5.74) is 1.30. The number of hydrogen-bond donors (Lipinski definition) is 0. The van der Waals surface area contributed by atoms with Crippen LogP contribution in [-0.2, 0) is 0 Å². The molecule has 0 amide bonds. The van der Waals surface area contributed by atoms with Gasteiger partial charge in [0.1, 0.15) is 13.2 Å². The highest BCUT2D eigenvalue weighted by Crippen LogP contribution is 2.38. The van der Waals surface area contributed by atoms with Crippen LogP contribution in [-0.4, -0.2) is 25.2 Å². The SMILES string of the molecule is O=C1CC=Nc2cc3c(cc21)OCCO3. The highest BCUT2D eigenvalue weighted by Gasteiger charge is 2.20. The van der Waals surface area contributed by atoms with Crippen molar-refractivity contribution >= 4 is 17.7 Å². The highest BCUT2D eigenvalue weighted by atomic mass is 16.6. The van der Waals surface area contributed by atoms with Crippen LogP contribution in [0, 0.1) is 0 Å². The molecule has 4 heteroatoms. The van der Waals surface area contributed by atoms with Crippen LogP contribution in [0.1, 0.15) is 16.8 Å². The smallest absolute Gasteiger partial charge is 0.170 e. The minimum atomic E-state index is 0.0805. The van der Waals surface area contributed by atoms with Crippen molar-refractivity contribution in [3.63, 3.8) is 0 Å². The number of ether oxygens (including phenoxy) is 2. The first-order chi connectivity index (χ1) is 7.34. The van der Waals surface area contributed by atoms with Crippen LogP contribution in [0.5, 0.6) is 11.5 Å². The third-order valence-electron chi connectivity index (χ3n) is 2.47. The van der Waals surface area contributed by atoms with Gasteiger partial charge in [-0.05, 0) is 6.07 Å². The van der Waals surface area contributed by atoms with Gasteiger partial charge in [-0.15, -0.1) is 0 Å². The number of ketones is 1. The molecule has 0 aromatic heterocycles. The second-order valence-corrected chi connectivity index (χ2v) is 3.45. The van der Waals surface area contributed by atoms with Crippen LogP contribution in [0.2, 0.25) is 0 Å².